The van der Waals surface area contributed by atoms with Gasteiger partial charge in [0.25, 0.3) is 0 Å². The van der Waals surface area contributed by atoms with Crippen molar-refractivity contribution in [1.29, 1.82) is 0 Å². The van der Waals surface area contributed by atoms with Gasteiger partial charge in [-0.15, -0.1) is 0 Å². The molecule has 11 heavy (non-hydrogen) atoms. The molecule has 0 saturated heterocycles. The minimum absolute atomic E-state index is 0.182. The van der Waals surface area contributed by atoms with Gasteiger partial charge in [0.1, 0.15) is 5.78 Å². The van der Waals surface area contributed by atoms with Crippen LogP contribution in [0.5, 0.6) is 0 Å². The first-order chi connectivity index (χ1) is 5.07. The van der Waals surface area contributed by atoms with E-state index in [1.807, 2.05) is 6.92 Å². The van der Waals surface area contributed by atoms with E-state index >= 15 is 0 Å². The molecule has 0 aromatic carbocycles. The van der Waals surface area contributed by atoms with Crippen LogP contribution in [0, 0.1) is 11.3 Å². The lowest BCUT2D eigenvalue weighted by Crippen LogP contribution is -2.32. The Bertz CT molecular complexity index is 191. The first kappa shape index (κ1) is 8.51. The second kappa shape index (κ2) is 2.80. The first-order valence-electron chi connectivity index (χ1n) is 4.28. The Kier molecular flexibility index (Phi) is 2.17. The topological polar surface area (TPSA) is 17.1 Å². The standard InChI is InChI=1S/C10H16O/c1-8(2)10(3)7-5-4-6-9(10)11/h5,7-8H,4,6H2,1-3H3. The molecule has 0 fully saturated rings. The highest BCUT2D eigenvalue weighted by Gasteiger charge is 2.34. The van der Waals surface area contributed by atoms with Gasteiger partial charge in [0.2, 0.25) is 0 Å². The van der Waals surface area contributed by atoms with Crippen LogP contribution in [0.3, 0.4) is 0 Å². The first-order valence-corrected chi connectivity index (χ1v) is 4.28. The smallest absolute Gasteiger partial charge is 0.143 e. The van der Waals surface area contributed by atoms with Crippen molar-refractivity contribution < 1.29 is 4.79 Å². The Balaban J connectivity index is 2.89. The van der Waals surface area contributed by atoms with Crippen molar-refractivity contribution in [2.24, 2.45) is 11.3 Å². The van der Waals surface area contributed by atoms with Crippen LogP contribution in [0.15, 0.2) is 12.2 Å². The molecule has 0 amide bonds. The number of rotatable bonds is 1. The number of allylic oxidation sites excluding steroid dienone is 2. The van der Waals surface area contributed by atoms with E-state index in [1.54, 1.807) is 0 Å². The number of carbonyl (C=O) groups excluding carboxylic acids is 1. The molecule has 1 atom stereocenters. The molecule has 1 rings (SSSR count). The fraction of sp³-hybridized carbons (Fsp3) is 0.700. The summed E-state index contributed by atoms with van der Waals surface area (Å²) in [6.45, 7) is 6.25. The van der Waals surface area contributed by atoms with Crippen molar-refractivity contribution in [3.8, 4) is 0 Å². The molecule has 1 aliphatic carbocycles. The number of hydrogen-bond donors (Lipinski definition) is 0. The minimum atomic E-state index is -0.182. The largest absolute Gasteiger partial charge is 0.299 e. The summed E-state index contributed by atoms with van der Waals surface area (Å²) in [5, 5.41) is 0. The summed E-state index contributed by atoms with van der Waals surface area (Å²) in [6.07, 6.45) is 5.86. The molecule has 0 heterocycles. The summed E-state index contributed by atoms with van der Waals surface area (Å²) in [7, 11) is 0. The van der Waals surface area contributed by atoms with E-state index < -0.39 is 0 Å². The van der Waals surface area contributed by atoms with Crippen molar-refractivity contribution in [3.63, 3.8) is 0 Å². The summed E-state index contributed by atoms with van der Waals surface area (Å²) < 4.78 is 0. The summed E-state index contributed by atoms with van der Waals surface area (Å²) in [5.41, 5.74) is -0.182. The van der Waals surface area contributed by atoms with Crippen LogP contribution >= 0.6 is 0 Å². The Morgan fingerprint density at radius 3 is 2.55 bits per heavy atom. The molecular formula is C10H16O. The van der Waals surface area contributed by atoms with Crippen molar-refractivity contribution in [2.45, 2.75) is 33.6 Å². The van der Waals surface area contributed by atoms with E-state index in [2.05, 4.69) is 26.0 Å². The highest BCUT2D eigenvalue weighted by Crippen LogP contribution is 2.34. The zero-order chi connectivity index (χ0) is 8.48. The molecule has 0 aliphatic heterocycles. The molecule has 1 unspecified atom stereocenters. The molecule has 1 heteroatoms. The Morgan fingerprint density at radius 2 is 2.18 bits per heavy atom. The van der Waals surface area contributed by atoms with Gasteiger partial charge in [-0.1, -0.05) is 26.0 Å². The fourth-order valence-electron chi connectivity index (χ4n) is 1.42. The highest BCUT2D eigenvalue weighted by atomic mass is 16.1. The monoisotopic (exact) mass is 152 g/mol. The molecule has 0 saturated carbocycles. The summed E-state index contributed by atoms with van der Waals surface area (Å²) in [5.74, 6) is 0.821. The molecule has 0 aromatic heterocycles. The molecule has 0 N–H and O–H groups in total. The van der Waals surface area contributed by atoms with Crippen LogP contribution in [-0.4, -0.2) is 5.78 Å². The van der Waals surface area contributed by atoms with Crippen molar-refractivity contribution >= 4 is 5.78 Å². The Hall–Kier alpha value is -0.590. The molecule has 1 nitrogen and oxygen atoms in total. The third-order valence-electron chi connectivity index (χ3n) is 2.80. The number of ketones is 1. The second-order valence-corrected chi connectivity index (χ2v) is 3.80. The quantitative estimate of drug-likeness (QED) is 0.528. The van der Waals surface area contributed by atoms with Gasteiger partial charge in [-0.05, 0) is 19.3 Å². The predicted molar refractivity (Wildman–Crippen MR) is 46.3 cm³/mol. The lowest BCUT2D eigenvalue weighted by Gasteiger charge is -2.31. The number of carbonyl (C=O) groups is 1. The number of hydrogen-bond acceptors (Lipinski definition) is 1. The van der Waals surface area contributed by atoms with Crippen LogP contribution in [0.4, 0.5) is 0 Å². The zero-order valence-corrected chi connectivity index (χ0v) is 7.55. The maximum absolute atomic E-state index is 11.5. The average Bonchev–Trinajstić information content (AvgIpc) is 1.95. The van der Waals surface area contributed by atoms with Gasteiger partial charge in [-0.2, -0.15) is 0 Å². The van der Waals surface area contributed by atoms with E-state index in [4.69, 9.17) is 0 Å². The summed E-state index contributed by atoms with van der Waals surface area (Å²) in [4.78, 5) is 11.5. The van der Waals surface area contributed by atoms with Gasteiger partial charge in [0.05, 0.1) is 0 Å². The van der Waals surface area contributed by atoms with Crippen LogP contribution < -0.4 is 0 Å². The van der Waals surface area contributed by atoms with E-state index in [0.29, 0.717) is 11.7 Å². The normalized spacial score (nSPS) is 31.5. The zero-order valence-electron chi connectivity index (χ0n) is 7.55. The maximum Gasteiger partial charge on any atom is 0.143 e. The van der Waals surface area contributed by atoms with E-state index in [9.17, 15) is 4.79 Å². The van der Waals surface area contributed by atoms with Crippen molar-refractivity contribution in [2.75, 3.05) is 0 Å². The second-order valence-electron chi connectivity index (χ2n) is 3.80. The van der Waals surface area contributed by atoms with Crippen LogP contribution in [-0.2, 0) is 4.79 Å². The molecule has 62 valence electrons. The molecule has 0 radical (unpaired) electrons. The van der Waals surface area contributed by atoms with Gasteiger partial charge in [0, 0.05) is 11.8 Å². The molecule has 0 aromatic rings. The Labute approximate surface area is 68.5 Å². The van der Waals surface area contributed by atoms with Crippen molar-refractivity contribution in [3.05, 3.63) is 12.2 Å². The van der Waals surface area contributed by atoms with Gasteiger partial charge in [-0.25, -0.2) is 0 Å². The minimum Gasteiger partial charge on any atom is -0.299 e. The lowest BCUT2D eigenvalue weighted by atomic mass is 9.71. The van der Waals surface area contributed by atoms with E-state index in [0.717, 1.165) is 12.8 Å². The third kappa shape index (κ3) is 1.37. The van der Waals surface area contributed by atoms with Crippen molar-refractivity contribution in [1.82, 2.24) is 0 Å². The Morgan fingerprint density at radius 1 is 1.55 bits per heavy atom. The molecular weight excluding hydrogens is 136 g/mol. The SMILES string of the molecule is CC(C)C1(C)C=CCCC1=O. The average molecular weight is 152 g/mol. The molecule has 1 aliphatic rings. The van der Waals surface area contributed by atoms with Crippen LogP contribution in [0.2, 0.25) is 0 Å². The predicted octanol–water partition coefficient (Wildman–Crippen LogP) is 2.57. The summed E-state index contributed by atoms with van der Waals surface area (Å²) in [6, 6.07) is 0. The maximum atomic E-state index is 11.5. The van der Waals surface area contributed by atoms with Crippen LogP contribution in [0.1, 0.15) is 33.6 Å². The van der Waals surface area contributed by atoms with Gasteiger partial charge < -0.3 is 0 Å². The molecule has 0 spiro atoms. The van der Waals surface area contributed by atoms with E-state index in [-0.39, 0.29) is 5.41 Å². The van der Waals surface area contributed by atoms with Gasteiger partial charge in [-0.3, -0.25) is 4.79 Å². The van der Waals surface area contributed by atoms with E-state index in [1.165, 1.54) is 0 Å². The molecule has 0 bridgehead atoms. The van der Waals surface area contributed by atoms with Crippen LogP contribution in [0.25, 0.3) is 0 Å². The van der Waals surface area contributed by atoms with Gasteiger partial charge in [0.15, 0.2) is 0 Å². The van der Waals surface area contributed by atoms with Gasteiger partial charge >= 0.3 is 0 Å². The third-order valence-corrected chi connectivity index (χ3v) is 2.80. The lowest BCUT2D eigenvalue weighted by molar-refractivity contribution is -0.127. The highest BCUT2D eigenvalue weighted by molar-refractivity contribution is 5.87. The number of Topliss-reactive ketones (excluding diaryl/α,β-unsaturated/α-hetero) is 1. The fourth-order valence-corrected chi connectivity index (χ4v) is 1.42. The summed E-state index contributed by atoms with van der Waals surface area (Å²) >= 11 is 0.